The second-order valence-electron chi connectivity index (χ2n) is 2.03. The summed E-state index contributed by atoms with van der Waals surface area (Å²) in [6, 6.07) is 8.71. The van der Waals surface area contributed by atoms with Gasteiger partial charge in [0.05, 0.1) is 0 Å². The lowest BCUT2D eigenvalue weighted by molar-refractivity contribution is 0.475. The van der Waals surface area contributed by atoms with E-state index >= 15 is 0 Å². The Morgan fingerprint density at radius 2 is 1.62 bits per heavy atom. The largest absolute Gasteiger partial charge is 0.508 e. The molecule has 0 aromatic heterocycles. The molecule has 0 atom stereocenters. The SMILES string of the molecule is C=CCC.CC.Oc1ccccc1. The molecule has 0 heterocycles. The van der Waals surface area contributed by atoms with Crippen LogP contribution in [0.15, 0.2) is 43.0 Å². The number of phenolic OH excluding ortho intramolecular Hbond substituents is 1. The third kappa shape index (κ3) is 13.7. The van der Waals surface area contributed by atoms with Gasteiger partial charge in [-0.3, -0.25) is 0 Å². The minimum absolute atomic E-state index is 0.322. The smallest absolute Gasteiger partial charge is 0.115 e. The first-order valence-electron chi connectivity index (χ1n) is 4.66. The summed E-state index contributed by atoms with van der Waals surface area (Å²) in [5, 5.41) is 8.63. The molecule has 0 amide bonds. The molecule has 0 saturated heterocycles. The summed E-state index contributed by atoms with van der Waals surface area (Å²) >= 11 is 0. The Morgan fingerprint density at radius 3 is 1.77 bits per heavy atom. The van der Waals surface area contributed by atoms with Crippen LogP contribution in [0.25, 0.3) is 0 Å². The van der Waals surface area contributed by atoms with Crippen LogP contribution in [-0.2, 0) is 0 Å². The molecule has 0 aliphatic carbocycles. The Hall–Kier alpha value is -1.24. The van der Waals surface area contributed by atoms with Gasteiger partial charge in [0.25, 0.3) is 0 Å². The van der Waals surface area contributed by atoms with E-state index in [0.717, 1.165) is 6.42 Å². The Bertz CT molecular complexity index is 180. The fraction of sp³-hybridized carbons (Fsp3) is 0.333. The van der Waals surface area contributed by atoms with Gasteiger partial charge in [0.1, 0.15) is 5.75 Å². The highest BCUT2D eigenvalue weighted by Crippen LogP contribution is 2.02. The van der Waals surface area contributed by atoms with Crippen molar-refractivity contribution in [3.05, 3.63) is 43.0 Å². The summed E-state index contributed by atoms with van der Waals surface area (Å²) in [5.74, 6) is 0.322. The molecule has 1 aromatic carbocycles. The van der Waals surface area contributed by atoms with Crippen LogP contribution < -0.4 is 0 Å². The molecule has 13 heavy (non-hydrogen) atoms. The lowest BCUT2D eigenvalue weighted by Gasteiger charge is -1.82. The summed E-state index contributed by atoms with van der Waals surface area (Å²) in [6.07, 6.45) is 2.96. The van der Waals surface area contributed by atoms with Gasteiger partial charge in [0, 0.05) is 0 Å². The molecule has 0 unspecified atom stereocenters. The Kier molecular flexibility index (Phi) is 14.7. The second kappa shape index (κ2) is 13.4. The molecular weight excluding hydrogens is 160 g/mol. The number of para-hydroxylation sites is 1. The predicted molar refractivity (Wildman–Crippen MR) is 59.9 cm³/mol. The van der Waals surface area contributed by atoms with Crippen molar-refractivity contribution in [2.24, 2.45) is 0 Å². The molecule has 1 aromatic rings. The van der Waals surface area contributed by atoms with E-state index in [1.165, 1.54) is 0 Å². The number of phenols is 1. The lowest BCUT2D eigenvalue weighted by atomic mass is 10.3. The van der Waals surface area contributed by atoms with Gasteiger partial charge in [-0.05, 0) is 18.6 Å². The molecule has 0 aliphatic heterocycles. The number of aromatic hydroxyl groups is 1. The van der Waals surface area contributed by atoms with Gasteiger partial charge >= 0.3 is 0 Å². The van der Waals surface area contributed by atoms with E-state index in [-0.39, 0.29) is 0 Å². The minimum Gasteiger partial charge on any atom is -0.508 e. The molecule has 1 rings (SSSR count). The van der Waals surface area contributed by atoms with Crippen molar-refractivity contribution in [2.45, 2.75) is 27.2 Å². The molecule has 0 fully saturated rings. The zero-order valence-electron chi connectivity index (χ0n) is 8.83. The number of allylic oxidation sites excluding steroid dienone is 1. The molecular formula is C12H20O. The van der Waals surface area contributed by atoms with Gasteiger partial charge in [-0.1, -0.05) is 45.0 Å². The minimum atomic E-state index is 0.322. The zero-order valence-corrected chi connectivity index (χ0v) is 8.83. The zero-order chi connectivity index (χ0) is 10.5. The van der Waals surface area contributed by atoms with Gasteiger partial charge in [-0.15, -0.1) is 6.58 Å². The second-order valence-corrected chi connectivity index (χ2v) is 2.03. The predicted octanol–water partition coefficient (Wildman–Crippen LogP) is 4.00. The Labute approximate surface area is 81.7 Å². The highest BCUT2D eigenvalue weighted by atomic mass is 16.3. The molecule has 1 heteroatoms. The number of hydrogen-bond acceptors (Lipinski definition) is 1. The van der Waals surface area contributed by atoms with Crippen molar-refractivity contribution >= 4 is 0 Å². The van der Waals surface area contributed by atoms with Crippen molar-refractivity contribution in [1.29, 1.82) is 0 Å². The first-order valence-corrected chi connectivity index (χ1v) is 4.66. The summed E-state index contributed by atoms with van der Waals surface area (Å²) in [4.78, 5) is 0. The molecule has 74 valence electrons. The van der Waals surface area contributed by atoms with Crippen molar-refractivity contribution in [2.75, 3.05) is 0 Å². The topological polar surface area (TPSA) is 20.2 Å². The third-order valence-corrected chi connectivity index (χ3v) is 1.04. The summed E-state index contributed by atoms with van der Waals surface area (Å²) in [5.41, 5.74) is 0. The van der Waals surface area contributed by atoms with Crippen LogP contribution in [0.1, 0.15) is 27.2 Å². The normalized spacial score (nSPS) is 7.00. The molecule has 0 aliphatic rings. The molecule has 0 spiro atoms. The van der Waals surface area contributed by atoms with E-state index in [1.807, 2.05) is 26.0 Å². The van der Waals surface area contributed by atoms with Gasteiger partial charge in [-0.25, -0.2) is 0 Å². The van der Waals surface area contributed by atoms with E-state index < -0.39 is 0 Å². The van der Waals surface area contributed by atoms with Crippen LogP contribution in [0.5, 0.6) is 5.75 Å². The maximum absolute atomic E-state index is 8.63. The maximum atomic E-state index is 8.63. The highest BCUT2D eigenvalue weighted by molar-refractivity contribution is 5.18. The van der Waals surface area contributed by atoms with E-state index in [1.54, 1.807) is 24.3 Å². The van der Waals surface area contributed by atoms with E-state index in [9.17, 15) is 0 Å². The molecule has 0 radical (unpaired) electrons. The monoisotopic (exact) mass is 180 g/mol. The summed E-state index contributed by atoms with van der Waals surface area (Å²) in [7, 11) is 0. The number of rotatable bonds is 1. The molecule has 0 saturated carbocycles. The highest BCUT2D eigenvalue weighted by Gasteiger charge is 1.74. The summed E-state index contributed by atoms with van der Waals surface area (Å²) < 4.78 is 0. The molecule has 1 nitrogen and oxygen atoms in total. The number of benzene rings is 1. The van der Waals surface area contributed by atoms with Crippen LogP contribution in [0, 0.1) is 0 Å². The van der Waals surface area contributed by atoms with Gasteiger partial charge in [0.15, 0.2) is 0 Å². The van der Waals surface area contributed by atoms with Gasteiger partial charge < -0.3 is 5.11 Å². The number of hydrogen-bond donors (Lipinski definition) is 1. The van der Waals surface area contributed by atoms with E-state index in [2.05, 4.69) is 13.5 Å². The van der Waals surface area contributed by atoms with E-state index in [4.69, 9.17) is 5.11 Å². The lowest BCUT2D eigenvalue weighted by Crippen LogP contribution is -1.56. The van der Waals surface area contributed by atoms with Crippen LogP contribution in [0.2, 0.25) is 0 Å². The molecule has 1 N–H and O–H groups in total. The fourth-order valence-corrected chi connectivity index (χ4v) is 0.428. The van der Waals surface area contributed by atoms with Crippen molar-refractivity contribution in [3.8, 4) is 5.75 Å². The average molecular weight is 180 g/mol. The Balaban J connectivity index is 0. The summed E-state index contributed by atoms with van der Waals surface area (Å²) in [6.45, 7) is 9.54. The van der Waals surface area contributed by atoms with Gasteiger partial charge in [-0.2, -0.15) is 0 Å². The maximum Gasteiger partial charge on any atom is 0.115 e. The Morgan fingerprint density at radius 1 is 1.23 bits per heavy atom. The van der Waals surface area contributed by atoms with Crippen molar-refractivity contribution in [3.63, 3.8) is 0 Å². The molecule has 0 bridgehead atoms. The van der Waals surface area contributed by atoms with Crippen LogP contribution >= 0.6 is 0 Å². The van der Waals surface area contributed by atoms with Crippen molar-refractivity contribution in [1.82, 2.24) is 0 Å². The van der Waals surface area contributed by atoms with Gasteiger partial charge in [0.2, 0.25) is 0 Å². The van der Waals surface area contributed by atoms with Crippen LogP contribution in [-0.4, -0.2) is 5.11 Å². The first-order chi connectivity index (χ1) is 6.31. The van der Waals surface area contributed by atoms with Crippen LogP contribution in [0.4, 0.5) is 0 Å². The van der Waals surface area contributed by atoms with Crippen molar-refractivity contribution < 1.29 is 5.11 Å². The third-order valence-electron chi connectivity index (χ3n) is 1.04. The van der Waals surface area contributed by atoms with E-state index in [0.29, 0.717) is 5.75 Å². The standard InChI is InChI=1S/C6H6O.C4H8.C2H6/c7-6-4-2-1-3-5-6;1-3-4-2;1-2/h1-5,7H;3H,1,4H2,2H3;1-2H3. The fourth-order valence-electron chi connectivity index (χ4n) is 0.428. The average Bonchev–Trinajstić information content (AvgIpc) is 2.22. The quantitative estimate of drug-likeness (QED) is 0.648. The first kappa shape index (κ1) is 14.3. The van der Waals surface area contributed by atoms with Crippen LogP contribution in [0.3, 0.4) is 0 Å².